The zero-order valence-corrected chi connectivity index (χ0v) is 16.0. The second kappa shape index (κ2) is 7.71. The van der Waals surface area contributed by atoms with Gasteiger partial charge in [-0.1, -0.05) is 23.7 Å². The molecular formula is C20H20FN3O3S. The Morgan fingerprint density at radius 1 is 1.25 bits per heavy atom. The quantitative estimate of drug-likeness (QED) is 0.769. The summed E-state index contributed by atoms with van der Waals surface area (Å²) >= 11 is 1.41. The molecule has 2 heterocycles. The Labute approximate surface area is 165 Å². The van der Waals surface area contributed by atoms with Gasteiger partial charge in [0.25, 0.3) is 11.8 Å². The van der Waals surface area contributed by atoms with Crippen molar-refractivity contribution in [2.45, 2.75) is 44.6 Å². The van der Waals surface area contributed by atoms with Crippen LogP contribution in [-0.2, 0) is 22.5 Å². The van der Waals surface area contributed by atoms with E-state index in [0.29, 0.717) is 21.8 Å². The highest BCUT2D eigenvalue weighted by Gasteiger charge is 2.31. The number of halogens is 1. The second-order valence-corrected chi connectivity index (χ2v) is 8.07. The van der Waals surface area contributed by atoms with E-state index in [9.17, 15) is 14.0 Å². The van der Waals surface area contributed by atoms with Gasteiger partial charge in [0.2, 0.25) is 6.10 Å². The van der Waals surface area contributed by atoms with Gasteiger partial charge < -0.3 is 15.9 Å². The molecule has 1 aliphatic carbocycles. The molecular weight excluding hydrogens is 381 g/mol. The number of rotatable bonds is 4. The van der Waals surface area contributed by atoms with Crippen molar-refractivity contribution in [3.8, 4) is 0 Å². The van der Waals surface area contributed by atoms with Crippen molar-refractivity contribution in [1.29, 1.82) is 0 Å². The van der Waals surface area contributed by atoms with E-state index in [-0.39, 0.29) is 12.2 Å². The third-order valence-electron chi connectivity index (χ3n) is 5.02. The molecule has 2 aromatic rings. The Kier molecular flexibility index (Phi) is 5.13. The summed E-state index contributed by atoms with van der Waals surface area (Å²) in [5.41, 5.74) is 8.08. The first-order valence-corrected chi connectivity index (χ1v) is 10.1. The van der Waals surface area contributed by atoms with E-state index in [1.165, 1.54) is 23.5 Å². The molecule has 28 heavy (non-hydrogen) atoms. The molecule has 0 spiro atoms. The number of amides is 2. The predicted octanol–water partition coefficient (Wildman–Crippen LogP) is 3.39. The molecule has 146 valence electrons. The summed E-state index contributed by atoms with van der Waals surface area (Å²) in [5, 5.41) is 7.21. The van der Waals surface area contributed by atoms with Crippen LogP contribution in [0.4, 0.5) is 9.39 Å². The van der Waals surface area contributed by atoms with Crippen molar-refractivity contribution < 1.29 is 18.8 Å². The van der Waals surface area contributed by atoms with Crippen LogP contribution in [-0.4, -0.2) is 23.6 Å². The zero-order valence-electron chi connectivity index (χ0n) is 15.2. The molecule has 2 amide bonds. The second-order valence-electron chi connectivity index (χ2n) is 6.97. The third kappa shape index (κ3) is 3.64. The molecule has 0 radical (unpaired) electrons. The normalized spacial score (nSPS) is 18.6. The van der Waals surface area contributed by atoms with Gasteiger partial charge in [-0.05, 0) is 43.4 Å². The highest BCUT2D eigenvalue weighted by atomic mass is 32.1. The number of nitrogens with two attached hydrogens (primary N) is 1. The van der Waals surface area contributed by atoms with Gasteiger partial charge in [-0.15, -0.1) is 11.3 Å². The number of hydrogen-bond acceptors (Lipinski definition) is 5. The minimum absolute atomic E-state index is 0.228. The van der Waals surface area contributed by atoms with E-state index in [2.05, 4.69) is 10.5 Å². The molecule has 1 unspecified atom stereocenters. The summed E-state index contributed by atoms with van der Waals surface area (Å²) in [5.74, 6) is -1.30. The number of fused-ring (bicyclic) bond motifs is 1. The van der Waals surface area contributed by atoms with E-state index in [1.807, 2.05) is 0 Å². The summed E-state index contributed by atoms with van der Waals surface area (Å²) < 4.78 is 13.4. The molecule has 0 saturated carbocycles. The molecule has 1 atom stereocenters. The van der Waals surface area contributed by atoms with Gasteiger partial charge in [0.15, 0.2) is 0 Å². The highest BCUT2D eigenvalue weighted by molar-refractivity contribution is 7.17. The van der Waals surface area contributed by atoms with Gasteiger partial charge >= 0.3 is 0 Å². The number of nitrogens with one attached hydrogen (secondary N) is 1. The fraction of sp³-hybridized carbons (Fsp3) is 0.350. The van der Waals surface area contributed by atoms with E-state index in [4.69, 9.17) is 10.6 Å². The SMILES string of the molecule is NC(=O)c1c(NC(=O)C2CC(c3cccc(F)c3)=NO2)sc2c1CCCCC2. The molecule has 0 saturated heterocycles. The number of carbonyl (C=O) groups is 2. The first-order chi connectivity index (χ1) is 13.5. The number of primary amides is 1. The average Bonchev–Trinajstić information content (AvgIpc) is 3.21. The van der Waals surface area contributed by atoms with Gasteiger partial charge in [-0.25, -0.2) is 4.39 Å². The molecule has 6 nitrogen and oxygen atoms in total. The molecule has 1 aromatic carbocycles. The lowest BCUT2D eigenvalue weighted by Gasteiger charge is -2.10. The van der Waals surface area contributed by atoms with Gasteiger partial charge in [0.1, 0.15) is 10.8 Å². The molecule has 1 aromatic heterocycles. The third-order valence-corrected chi connectivity index (χ3v) is 6.23. The highest BCUT2D eigenvalue weighted by Crippen LogP contribution is 2.37. The monoisotopic (exact) mass is 401 g/mol. The maximum atomic E-state index is 13.4. The molecule has 8 heteroatoms. The van der Waals surface area contributed by atoms with Crippen LogP contribution in [0.25, 0.3) is 0 Å². The average molecular weight is 401 g/mol. The number of nitrogens with zero attached hydrogens (tertiary/aromatic N) is 1. The standard InChI is InChI=1S/C20H20FN3O3S/c21-12-6-4-5-11(9-12)14-10-15(27-24-14)19(26)23-20-17(18(22)25)13-7-2-1-3-8-16(13)28-20/h4-6,9,15H,1-3,7-8,10H2,(H2,22,25)(H,23,26). The van der Waals surface area contributed by atoms with Gasteiger partial charge in [-0.3, -0.25) is 9.59 Å². The first-order valence-electron chi connectivity index (χ1n) is 9.26. The number of anilines is 1. The van der Waals surface area contributed by atoms with Crippen LogP contribution < -0.4 is 11.1 Å². The van der Waals surface area contributed by atoms with Gasteiger partial charge in [0.05, 0.1) is 11.3 Å². The summed E-state index contributed by atoms with van der Waals surface area (Å²) in [6, 6.07) is 5.99. The Hall–Kier alpha value is -2.74. The lowest BCUT2D eigenvalue weighted by Crippen LogP contribution is -2.28. The number of aryl methyl sites for hydroxylation is 1. The molecule has 1 aliphatic heterocycles. The van der Waals surface area contributed by atoms with Gasteiger partial charge in [-0.2, -0.15) is 0 Å². The fourth-order valence-electron chi connectivity index (χ4n) is 3.64. The molecule has 0 fully saturated rings. The van der Waals surface area contributed by atoms with Crippen LogP contribution in [0.5, 0.6) is 0 Å². The zero-order chi connectivity index (χ0) is 19.7. The summed E-state index contributed by atoms with van der Waals surface area (Å²) in [7, 11) is 0. The van der Waals surface area contributed by atoms with E-state index in [0.717, 1.165) is 42.5 Å². The fourth-order valence-corrected chi connectivity index (χ4v) is 4.94. The lowest BCUT2D eigenvalue weighted by molar-refractivity contribution is -0.125. The maximum absolute atomic E-state index is 13.4. The Balaban J connectivity index is 1.50. The molecule has 0 bridgehead atoms. The lowest BCUT2D eigenvalue weighted by atomic mass is 10.0. The van der Waals surface area contributed by atoms with Crippen LogP contribution in [0.15, 0.2) is 29.4 Å². The van der Waals surface area contributed by atoms with Crippen LogP contribution in [0.2, 0.25) is 0 Å². The van der Waals surface area contributed by atoms with Gasteiger partial charge in [0, 0.05) is 16.9 Å². The van der Waals surface area contributed by atoms with E-state index >= 15 is 0 Å². The van der Waals surface area contributed by atoms with Crippen molar-refractivity contribution in [3.05, 3.63) is 51.7 Å². The number of oxime groups is 1. The van der Waals surface area contributed by atoms with Crippen molar-refractivity contribution in [2.75, 3.05) is 5.32 Å². The number of thiophene rings is 1. The minimum Gasteiger partial charge on any atom is -0.382 e. The van der Waals surface area contributed by atoms with Crippen LogP contribution in [0.3, 0.4) is 0 Å². The van der Waals surface area contributed by atoms with E-state index < -0.39 is 17.9 Å². The Morgan fingerprint density at radius 2 is 2.07 bits per heavy atom. The largest absolute Gasteiger partial charge is 0.382 e. The van der Waals surface area contributed by atoms with Crippen molar-refractivity contribution in [2.24, 2.45) is 10.9 Å². The number of carbonyl (C=O) groups excluding carboxylic acids is 2. The Morgan fingerprint density at radius 3 is 2.86 bits per heavy atom. The van der Waals surface area contributed by atoms with Crippen molar-refractivity contribution in [1.82, 2.24) is 0 Å². The summed E-state index contributed by atoms with van der Waals surface area (Å²) in [6.07, 6.45) is 4.28. The smallest absolute Gasteiger partial charge is 0.269 e. The van der Waals surface area contributed by atoms with Crippen LogP contribution >= 0.6 is 11.3 Å². The first kappa shape index (κ1) is 18.6. The molecule has 2 aliphatic rings. The van der Waals surface area contributed by atoms with Crippen LogP contribution in [0, 0.1) is 5.82 Å². The predicted molar refractivity (Wildman–Crippen MR) is 105 cm³/mol. The minimum atomic E-state index is -0.833. The Bertz CT molecular complexity index is 970. The summed E-state index contributed by atoms with van der Waals surface area (Å²) in [6.45, 7) is 0. The summed E-state index contributed by atoms with van der Waals surface area (Å²) in [4.78, 5) is 31.1. The number of benzene rings is 1. The van der Waals surface area contributed by atoms with Crippen molar-refractivity contribution in [3.63, 3.8) is 0 Å². The maximum Gasteiger partial charge on any atom is 0.269 e. The van der Waals surface area contributed by atoms with E-state index in [1.54, 1.807) is 12.1 Å². The number of hydrogen-bond donors (Lipinski definition) is 2. The van der Waals surface area contributed by atoms with Crippen molar-refractivity contribution >= 4 is 33.9 Å². The topological polar surface area (TPSA) is 93.8 Å². The van der Waals surface area contributed by atoms with Crippen LogP contribution in [0.1, 0.15) is 52.0 Å². The molecule has 4 rings (SSSR count). The molecule has 3 N–H and O–H groups in total.